The first kappa shape index (κ1) is 22.4. The molecule has 0 aliphatic heterocycles. The van der Waals surface area contributed by atoms with E-state index in [0.29, 0.717) is 40.2 Å². The number of ketones is 1. The molecule has 1 aliphatic carbocycles. The van der Waals surface area contributed by atoms with Gasteiger partial charge in [-0.15, -0.1) is 23.2 Å². The van der Waals surface area contributed by atoms with Crippen molar-refractivity contribution in [3.63, 3.8) is 0 Å². The summed E-state index contributed by atoms with van der Waals surface area (Å²) >= 11 is 24.7. The minimum Gasteiger partial charge on any atom is -0.326 e. The average Bonchev–Trinajstić information content (AvgIpc) is 3.22. The number of rotatable bonds is 6. The van der Waals surface area contributed by atoms with Gasteiger partial charge in [0.15, 0.2) is 5.78 Å². The van der Waals surface area contributed by atoms with Crippen LogP contribution in [0.2, 0.25) is 10.0 Å². The van der Waals surface area contributed by atoms with Crippen molar-refractivity contribution in [3.8, 4) is 0 Å². The fourth-order valence-corrected chi connectivity index (χ4v) is 4.63. The molecule has 1 saturated carbocycles. The van der Waals surface area contributed by atoms with Crippen LogP contribution in [0, 0.1) is 18.7 Å². The van der Waals surface area contributed by atoms with Gasteiger partial charge in [-0.2, -0.15) is 0 Å². The number of hydrogen-bond donors (Lipinski definition) is 1. The minimum absolute atomic E-state index is 0.0442. The van der Waals surface area contributed by atoms with Gasteiger partial charge in [-0.05, 0) is 48.7 Å². The van der Waals surface area contributed by atoms with Crippen molar-refractivity contribution in [1.29, 1.82) is 0 Å². The van der Waals surface area contributed by atoms with Crippen LogP contribution in [0.4, 0.5) is 10.1 Å². The fourth-order valence-electron chi connectivity index (χ4n) is 3.40. The largest absolute Gasteiger partial charge is 0.326 e. The monoisotopic (exact) mass is 475 g/mol. The highest BCUT2D eigenvalue weighted by Gasteiger charge is 2.67. The van der Waals surface area contributed by atoms with E-state index in [9.17, 15) is 14.0 Å². The van der Waals surface area contributed by atoms with Crippen molar-refractivity contribution in [2.75, 3.05) is 5.32 Å². The summed E-state index contributed by atoms with van der Waals surface area (Å²) < 4.78 is 12.1. The van der Waals surface area contributed by atoms with Crippen molar-refractivity contribution in [1.82, 2.24) is 0 Å². The Morgan fingerprint density at radius 2 is 1.83 bits per heavy atom. The van der Waals surface area contributed by atoms with E-state index in [4.69, 9.17) is 46.4 Å². The van der Waals surface area contributed by atoms with Crippen LogP contribution >= 0.6 is 46.4 Å². The van der Waals surface area contributed by atoms with E-state index in [1.54, 1.807) is 19.1 Å². The summed E-state index contributed by atoms with van der Waals surface area (Å²) in [5, 5.41) is 3.05. The van der Waals surface area contributed by atoms with Gasteiger partial charge in [0.1, 0.15) is 10.2 Å². The molecule has 0 aromatic heterocycles. The maximum Gasteiger partial charge on any atom is 0.231 e. The van der Waals surface area contributed by atoms with Gasteiger partial charge in [0.2, 0.25) is 5.91 Å². The van der Waals surface area contributed by atoms with Crippen LogP contribution in [0.5, 0.6) is 0 Å². The number of Topliss-reactive ketones (excluding diaryl/α,β-unsaturated/α-hetero) is 1. The normalized spacial score (nSPS) is 19.7. The molecular weight excluding hydrogens is 459 g/mol. The molecule has 2 aromatic carbocycles. The van der Waals surface area contributed by atoms with Gasteiger partial charge in [0.25, 0.3) is 0 Å². The molecule has 1 aliphatic rings. The lowest BCUT2D eigenvalue weighted by Crippen LogP contribution is -2.17. The first-order chi connectivity index (χ1) is 13.6. The number of alkyl halides is 2. The molecule has 2 unspecified atom stereocenters. The molecule has 154 valence electrons. The fraction of sp³-hybridized carbons (Fsp3) is 0.333. The summed E-state index contributed by atoms with van der Waals surface area (Å²) in [6.45, 7) is 3.67. The highest BCUT2D eigenvalue weighted by molar-refractivity contribution is 6.53. The van der Waals surface area contributed by atoms with Gasteiger partial charge < -0.3 is 5.32 Å². The predicted octanol–water partition coefficient (Wildman–Crippen LogP) is 6.95. The lowest BCUT2D eigenvalue weighted by atomic mass is 10.0. The predicted molar refractivity (Wildman–Crippen MR) is 116 cm³/mol. The zero-order valence-electron chi connectivity index (χ0n) is 15.7. The molecule has 0 bridgehead atoms. The Hall–Kier alpha value is -1.33. The molecule has 1 amide bonds. The Balaban J connectivity index is 1.83. The second kappa shape index (κ2) is 8.43. The van der Waals surface area contributed by atoms with Crippen molar-refractivity contribution >= 4 is 63.8 Å². The number of carbonyl (C=O) groups excluding carboxylic acids is 2. The smallest absolute Gasteiger partial charge is 0.231 e. The third-order valence-electron chi connectivity index (χ3n) is 5.03. The van der Waals surface area contributed by atoms with Gasteiger partial charge in [-0.3, -0.25) is 9.59 Å². The average molecular weight is 477 g/mol. The van der Waals surface area contributed by atoms with Crippen LogP contribution in [-0.2, 0) is 4.79 Å². The van der Waals surface area contributed by atoms with Crippen LogP contribution in [-0.4, -0.2) is 16.0 Å². The maximum atomic E-state index is 13.4. The van der Waals surface area contributed by atoms with Gasteiger partial charge >= 0.3 is 0 Å². The van der Waals surface area contributed by atoms with Gasteiger partial charge in [-0.1, -0.05) is 36.2 Å². The second-order valence-corrected chi connectivity index (χ2v) is 9.36. The lowest BCUT2D eigenvalue weighted by Gasteiger charge is -2.11. The number of nitrogens with one attached hydrogen (secondary N) is 1. The molecule has 2 aromatic rings. The summed E-state index contributed by atoms with van der Waals surface area (Å²) in [5.74, 6) is -2.33. The Bertz CT molecular complexity index is 993. The van der Waals surface area contributed by atoms with E-state index >= 15 is 0 Å². The topological polar surface area (TPSA) is 46.2 Å². The van der Waals surface area contributed by atoms with E-state index in [-0.39, 0.29) is 10.8 Å². The highest BCUT2D eigenvalue weighted by atomic mass is 35.5. The summed E-state index contributed by atoms with van der Waals surface area (Å²) in [6, 6.07) is 7.31. The molecule has 8 heteroatoms. The summed E-state index contributed by atoms with van der Waals surface area (Å²) in [7, 11) is 0. The van der Waals surface area contributed by atoms with Gasteiger partial charge in [0, 0.05) is 28.6 Å². The Morgan fingerprint density at radius 3 is 2.45 bits per heavy atom. The summed E-state index contributed by atoms with van der Waals surface area (Å²) in [4.78, 5) is 25.2. The number of benzene rings is 2. The minimum atomic E-state index is -1.35. The van der Waals surface area contributed by atoms with Gasteiger partial charge in [-0.25, -0.2) is 4.39 Å². The molecule has 1 fully saturated rings. The molecule has 0 spiro atoms. The molecule has 0 saturated heterocycles. The molecular formula is C21H18Cl4FNO2. The van der Waals surface area contributed by atoms with Crippen LogP contribution < -0.4 is 5.32 Å². The quantitative estimate of drug-likeness (QED) is 0.362. The van der Waals surface area contributed by atoms with Crippen molar-refractivity contribution in [3.05, 3.63) is 62.9 Å². The van der Waals surface area contributed by atoms with Crippen molar-refractivity contribution < 1.29 is 14.0 Å². The van der Waals surface area contributed by atoms with Crippen LogP contribution in [0.15, 0.2) is 30.3 Å². The first-order valence-corrected chi connectivity index (χ1v) is 10.6. The van der Waals surface area contributed by atoms with Crippen LogP contribution in [0.25, 0.3) is 0 Å². The molecule has 29 heavy (non-hydrogen) atoms. The van der Waals surface area contributed by atoms with Crippen LogP contribution in [0.3, 0.4) is 0 Å². The number of hydrogen-bond acceptors (Lipinski definition) is 2. The van der Waals surface area contributed by atoms with Crippen molar-refractivity contribution in [2.24, 2.45) is 5.92 Å². The molecule has 1 N–H and O–H groups in total. The Kier molecular flexibility index (Phi) is 6.50. The zero-order chi connectivity index (χ0) is 21.5. The SMILES string of the molecule is CCCC(=O)c1cc(NC(=O)C2C(c3ccc(F)c(Cl)c3)C2(Cl)Cl)cc(Cl)c1C. The summed E-state index contributed by atoms with van der Waals surface area (Å²) in [6.07, 6.45) is 1.09. The third kappa shape index (κ3) is 4.41. The molecule has 3 nitrogen and oxygen atoms in total. The number of anilines is 1. The molecule has 0 heterocycles. The zero-order valence-corrected chi connectivity index (χ0v) is 18.7. The van der Waals surface area contributed by atoms with E-state index in [2.05, 4.69) is 5.32 Å². The molecule has 0 radical (unpaired) electrons. The molecule has 3 rings (SSSR count). The highest BCUT2D eigenvalue weighted by Crippen LogP contribution is 2.65. The van der Waals surface area contributed by atoms with Crippen molar-refractivity contribution in [2.45, 2.75) is 36.9 Å². The number of carbonyl (C=O) groups is 2. The van der Waals surface area contributed by atoms with E-state index in [1.165, 1.54) is 18.2 Å². The molecule has 2 atom stereocenters. The third-order valence-corrected chi connectivity index (χ3v) is 6.65. The van der Waals surface area contributed by atoms with E-state index < -0.39 is 27.9 Å². The standard InChI is InChI=1S/C21H18Cl4FNO2/c1-3-4-17(28)13-8-12(9-14(22)10(13)2)27-20(29)19-18(21(19,24)25)11-5-6-16(26)15(23)7-11/h5-9,18-19H,3-4H2,1-2H3,(H,27,29). The number of amides is 1. The second-order valence-electron chi connectivity index (χ2n) is 7.10. The first-order valence-electron chi connectivity index (χ1n) is 9.04. The van der Waals surface area contributed by atoms with E-state index in [1.807, 2.05) is 6.92 Å². The Morgan fingerprint density at radius 1 is 1.14 bits per heavy atom. The lowest BCUT2D eigenvalue weighted by molar-refractivity contribution is -0.117. The number of halogens is 5. The maximum absolute atomic E-state index is 13.4. The van der Waals surface area contributed by atoms with Crippen LogP contribution in [0.1, 0.15) is 47.2 Å². The Labute approximate surface area is 188 Å². The summed E-state index contributed by atoms with van der Waals surface area (Å²) in [5.41, 5.74) is 2.09. The van der Waals surface area contributed by atoms with Gasteiger partial charge in [0.05, 0.1) is 10.9 Å². The van der Waals surface area contributed by atoms with E-state index in [0.717, 1.165) is 0 Å².